The Kier molecular flexibility index (Phi) is 4.84. The number of aryl methyl sites for hydroxylation is 1. The molecule has 162 valence electrons. The quantitative estimate of drug-likeness (QED) is 0.630. The molecule has 2 aliphatic rings. The van der Waals surface area contributed by atoms with Crippen LogP contribution >= 0.6 is 23.2 Å². The van der Waals surface area contributed by atoms with Crippen LogP contribution < -0.4 is 16.2 Å². The molecule has 2 aliphatic heterocycles. The van der Waals surface area contributed by atoms with Gasteiger partial charge in [0.05, 0.1) is 33.7 Å². The molecule has 7 nitrogen and oxygen atoms in total. The molecule has 0 aliphatic carbocycles. The Labute approximate surface area is 188 Å². The fourth-order valence-corrected chi connectivity index (χ4v) is 5.23. The molecule has 1 spiro atoms. The average Bonchev–Trinajstić information content (AvgIpc) is 3.22. The number of hydrogen-bond acceptors (Lipinski definition) is 5. The van der Waals surface area contributed by atoms with Crippen LogP contribution in [-0.2, 0) is 6.54 Å². The maximum absolute atomic E-state index is 14.1. The minimum atomic E-state index is -0.384. The summed E-state index contributed by atoms with van der Waals surface area (Å²) in [6.45, 7) is 3.73. The van der Waals surface area contributed by atoms with E-state index in [2.05, 4.69) is 15.0 Å². The Balaban J connectivity index is 1.39. The second-order valence-corrected chi connectivity index (χ2v) is 9.06. The number of nitrogens with two attached hydrogens (primary N) is 1. The van der Waals surface area contributed by atoms with Crippen molar-refractivity contribution in [3.8, 4) is 5.69 Å². The lowest BCUT2D eigenvalue weighted by atomic mass is 9.73. The fourth-order valence-electron chi connectivity index (χ4n) is 4.85. The zero-order chi connectivity index (χ0) is 21.9. The molecular formula is C21H21Cl2FN6O. The van der Waals surface area contributed by atoms with Crippen molar-refractivity contribution in [2.75, 3.05) is 18.0 Å². The Morgan fingerprint density at radius 1 is 1.26 bits per heavy atom. The lowest BCUT2D eigenvalue weighted by Crippen LogP contribution is -2.45. The van der Waals surface area contributed by atoms with Gasteiger partial charge in [-0.2, -0.15) is 5.10 Å². The van der Waals surface area contributed by atoms with E-state index >= 15 is 0 Å². The van der Waals surface area contributed by atoms with Gasteiger partial charge in [-0.15, -0.1) is 0 Å². The van der Waals surface area contributed by atoms with Gasteiger partial charge >= 0.3 is 0 Å². The first-order valence-electron chi connectivity index (χ1n) is 10.1. The van der Waals surface area contributed by atoms with Crippen molar-refractivity contribution in [3.05, 3.63) is 68.2 Å². The van der Waals surface area contributed by atoms with Gasteiger partial charge in [0, 0.05) is 31.1 Å². The number of rotatable bonds is 2. The van der Waals surface area contributed by atoms with Gasteiger partial charge < -0.3 is 10.6 Å². The molecule has 2 aromatic heterocycles. The van der Waals surface area contributed by atoms with E-state index in [4.69, 9.17) is 28.9 Å². The molecule has 5 rings (SSSR count). The molecule has 4 heterocycles. The van der Waals surface area contributed by atoms with Crippen LogP contribution in [0.3, 0.4) is 0 Å². The van der Waals surface area contributed by atoms with Crippen LogP contribution in [0.2, 0.25) is 10.0 Å². The minimum absolute atomic E-state index is 0.223. The SMILES string of the molecule is Cc1nc(N2CCC3(CC2)Cn2ncc(F)c2C3N)cc(=O)n1-c1cccc(Cl)c1Cl. The first kappa shape index (κ1) is 20.5. The van der Waals surface area contributed by atoms with E-state index in [1.54, 1.807) is 29.8 Å². The zero-order valence-corrected chi connectivity index (χ0v) is 18.4. The zero-order valence-electron chi connectivity index (χ0n) is 16.9. The lowest BCUT2D eigenvalue weighted by molar-refractivity contribution is 0.169. The summed E-state index contributed by atoms with van der Waals surface area (Å²) in [6.07, 6.45) is 2.76. The summed E-state index contributed by atoms with van der Waals surface area (Å²) in [4.78, 5) is 19.7. The second-order valence-electron chi connectivity index (χ2n) is 8.27. The number of anilines is 1. The molecule has 1 aromatic carbocycles. The van der Waals surface area contributed by atoms with Crippen molar-refractivity contribution in [2.45, 2.75) is 32.4 Å². The minimum Gasteiger partial charge on any atom is -0.356 e. The van der Waals surface area contributed by atoms with Crippen molar-refractivity contribution in [1.82, 2.24) is 19.3 Å². The highest BCUT2D eigenvalue weighted by atomic mass is 35.5. The maximum Gasteiger partial charge on any atom is 0.260 e. The van der Waals surface area contributed by atoms with E-state index in [9.17, 15) is 9.18 Å². The summed E-state index contributed by atoms with van der Waals surface area (Å²) in [5, 5.41) is 4.80. The number of nitrogens with zero attached hydrogens (tertiary/aromatic N) is 5. The molecule has 0 amide bonds. The summed E-state index contributed by atoms with van der Waals surface area (Å²) < 4.78 is 17.2. The van der Waals surface area contributed by atoms with E-state index in [1.807, 2.05) is 0 Å². The van der Waals surface area contributed by atoms with Gasteiger partial charge in [-0.3, -0.25) is 14.0 Å². The molecule has 3 aromatic rings. The van der Waals surface area contributed by atoms with Crippen LogP contribution in [0.25, 0.3) is 5.69 Å². The van der Waals surface area contributed by atoms with Gasteiger partial charge in [0.2, 0.25) is 0 Å². The highest BCUT2D eigenvalue weighted by Gasteiger charge is 2.48. The third kappa shape index (κ3) is 3.16. The van der Waals surface area contributed by atoms with Gasteiger partial charge in [0.25, 0.3) is 5.56 Å². The summed E-state index contributed by atoms with van der Waals surface area (Å²) in [6, 6.07) is 6.28. The lowest BCUT2D eigenvalue weighted by Gasteiger charge is -2.41. The monoisotopic (exact) mass is 462 g/mol. The number of fused-ring (bicyclic) bond motifs is 1. The average molecular weight is 463 g/mol. The van der Waals surface area contributed by atoms with Crippen LogP contribution in [0.1, 0.15) is 30.4 Å². The summed E-state index contributed by atoms with van der Waals surface area (Å²) >= 11 is 12.4. The molecule has 31 heavy (non-hydrogen) atoms. The molecule has 0 saturated carbocycles. The molecule has 2 N–H and O–H groups in total. The maximum atomic E-state index is 14.1. The highest BCUT2D eigenvalue weighted by molar-refractivity contribution is 6.43. The summed E-state index contributed by atoms with van der Waals surface area (Å²) in [5.41, 5.74) is 6.97. The first-order chi connectivity index (χ1) is 14.8. The third-order valence-corrected chi connectivity index (χ3v) is 7.39. The van der Waals surface area contributed by atoms with Gasteiger partial charge in [-0.05, 0) is 31.9 Å². The van der Waals surface area contributed by atoms with Crippen molar-refractivity contribution in [2.24, 2.45) is 11.1 Å². The number of hydrogen-bond donors (Lipinski definition) is 1. The number of halogens is 3. The molecule has 1 atom stereocenters. The smallest absolute Gasteiger partial charge is 0.260 e. The molecule has 0 bridgehead atoms. The Morgan fingerprint density at radius 3 is 2.68 bits per heavy atom. The van der Waals surface area contributed by atoms with Crippen LogP contribution in [0.5, 0.6) is 0 Å². The molecule has 10 heteroatoms. The Hall–Kier alpha value is -2.42. The van der Waals surface area contributed by atoms with E-state index < -0.39 is 0 Å². The molecule has 0 radical (unpaired) electrons. The topological polar surface area (TPSA) is 82.0 Å². The van der Waals surface area contributed by atoms with Gasteiger partial charge in [0.1, 0.15) is 11.6 Å². The number of aromatic nitrogens is 4. The summed E-state index contributed by atoms with van der Waals surface area (Å²) in [7, 11) is 0. The van der Waals surface area contributed by atoms with Gasteiger partial charge in [0.15, 0.2) is 5.82 Å². The first-order valence-corrected chi connectivity index (χ1v) is 10.8. The van der Waals surface area contributed by atoms with Crippen molar-refractivity contribution in [3.63, 3.8) is 0 Å². The molecular weight excluding hydrogens is 442 g/mol. The number of piperidine rings is 1. The van der Waals surface area contributed by atoms with Gasteiger partial charge in [-0.1, -0.05) is 29.3 Å². The predicted octanol–water partition coefficient (Wildman–Crippen LogP) is 3.48. The van der Waals surface area contributed by atoms with Crippen molar-refractivity contribution >= 4 is 29.0 Å². The van der Waals surface area contributed by atoms with Crippen molar-refractivity contribution in [1.29, 1.82) is 0 Å². The van der Waals surface area contributed by atoms with E-state index in [0.29, 0.717) is 52.7 Å². The number of benzene rings is 1. The largest absolute Gasteiger partial charge is 0.356 e. The van der Waals surface area contributed by atoms with Gasteiger partial charge in [-0.25, -0.2) is 9.37 Å². The molecule has 1 unspecified atom stereocenters. The standard InChI is InChI=1S/C21H21Cl2FN6O/c1-12-27-16(9-17(31)30(12)15-4-2-3-13(22)18(15)23)28-7-5-21(6-8-28)11-29-19(20(21)25)14(24)10-26-29/h2-4,9-10,20H,5-8,11,25H2,1H3. The van der Waals surface area contributed by atoms with Crippen LogP contribution in [0.4, 0.5) is 10.2 Å². The predicted molar refractivity (Wildman–Crippen MR) is 118 cm³/mol. The van der Waals surface area contributed by atoms with E-state index in [-0.39, 0.29) is 22.8 Å². The van der Waals surface area contributed by atoms with Crippen molar-refractivity contribution < 1.29 is 4.39 Å². The normalized spacial score (nSPS) is 19.8. The second kappa shape index (κ2) is 7.32. The Morgan fingerprint density at radius 2 is 2.00 bits per heavy atom. The highest BCUT2D eigenvalue weighted by Crippen LogP contribution is 2.48. The van der Waals surface area contributed by atoms with Crippen LogP contribution in [0, 0.1) is 18.2 Å². The fraction of sp³-hybridized carbons (Fsp3) is 0.381. The molecule has 1 fully saturated rings. The Bertz CT molecular complexity index is 1230. The summed E-state index contributed by atoms with van der Waals surface area (Å²) in [5.74, 6) is 0.793. The van der Waals surface area contributed by atoms with E-state index in [1.165, 1.54) is 16.8 Å². The van der Waals surface area contributed by atoms with Crippen LogP contribution in [-0.4, -0.2) is 32.4 Å². The molecule has 1 saturated heterocycles. The third-order valence-electron chi connectivity index (χ3n) is 6.58. The van der Waals surface area contributed by atoms with E-state index in [0.717, 1.165) is 12.8 Å². The van der Waals surface area contributed by atoms with Crippen LogP contribution in [0.15, 0.2) is 35.3 Å².